The molecule has 2 aromatic heterocycles. The molecule has 1 atom stereocenters. The Morgan fingerprint density at radius 3 is 2.59 bits per heavy atom. The lowest BCUT2D eigenvalue weighted by Gasteiger charge is -2.21. The Labute approximate surface area is 168 Å². The fourth-order valence-electron chi connectivity index (χ4n) is 3.49. The minimum Gasteiger partial charge on any atom is -0.484 e. The van der Waals surface area contributed by atoms with Crippen molar-refractivity contribution < 1.29 is 22.2 Å². The molecule has 0 saturated carbocycles. The van der Waals surface area contributed by atoms with Crippen LogP contribution in [0.5, 0.6) is 5.75 Å². The average Bonchev–Trinajstić information content (AvgIpc) is 3.41. The number of nitrogens with zero attached hydrogens (tertiary/aromatic N) is 4. The van der Waals surface area contributed by atoms with Crippen LogP contribution in [0.25, 0.3) is 0 Å². The Balaban J connectivity index is 1.52. The van der Waals surface area contributed by atoms with E-state index in [1.54, 1.807) is 13.8 Å². The molecule has 0 aliphatic carbocycles. The van der Waals surface area contributed by atoms with Gasteiger partial charge < -0.3 is 13.8 Å². The molecule has 1 aromatic carbocycles. The first-order chi connectivity index (χ1) is 13.9. The van der Waals surface area contributed by atoms with Gasteiger partial charge in [0.15, 0.2) is 18.2 Å². The van der Waals surface area contributed by atoms with Crippen LogP contribution in [-0.2, 0) is 16.6 Å². The van der Waals surface area contributed by atoms with Gasteiger partial charge in [-0.05, 0) is 45.7 Å². The van der Waals surface area contributed by atoms with Crippen molar-refractivity contribution in [1.29, 1.82) is 0 Å². The van der Waals surface area contributed by atoms with E-state index in [2.05, 4.69) is 15.3 Å². The molecule has 3 aromatic rings. The molecule has 1 fully saturated rings. The van der Waals surface area contributed by atoms with Crippen molar-refractivity contribution in [2.75, 3.05) is 6.54 Å². The Morgan fingerprint density at radius 2 is 1.90 bits per heavy atom. The number of hydrogen-bond donors (Lipinski definition) is 0. The summed E-state index contributed by atoms with van der Waals surface area (Å²) in [4.78, 5) is 4.47. The number of sulfonamides is 1. The lowest BCUT2D eigenvalue weighted by atomic mass is 10.2. The minimum absolute atomic E-state index is 0.107. The van der Waals surface area contributed by atoms with Crippen LogP contribution in [0.4, 0.5) is 0 Å². The first kappa shape index (κ1) is 19.6. The zero-order valence-corrected chi connectivity index (χ0v) is 17.3. The van der Waals surface area contributed by atoms with Gasteiger partial charge in [-0.25, -0.2) is 8.42 Å². The van der Waals surface area contributed by atoms with Crippen molar-refractivity contribution in [2.45, 2.75) is 51.2 Å². The van der Waals surface area contributed by atoms with Gasteiger partial charge in [0.25, 0.3) is 5.89 Å². The summed E-state index contributed by atoms with van der Waals surface area (Å²) >= 11 is 0. The van der Waals surface area contributed by atoms with Crippen LogP contribution in [0.15, 0.2) is 38.2 Å². The van der Waals surface area contributed by atoms with Gasteiger partial charge in [0, 0.05) is 6.54 Å². The number of benzene rings is 1. The third-order valence-corrected chi connectivity index (χ3v) is 7.06. The zero-order chi connectivity index (χ0) is 20.6. The van der Waals surface area contributed by atoms with Crippen molar-refractivity contribution in [3.8, 4) is 5.75 Å². The van der Waals surface area contributed by atoms with Crippen molar-refractivity contribution in [3.05, 3.63) is 53.0 Å². The normalized spacial score (nSPS) is 17.7. The monoisotopic (exact) mass is 418 g/mol. The molecule has 0 bridgehead atoms. The van der Waals surface area contributed by atoms with E-state index in [0.29, 0.717) is 42.5 Å². The highest BCUT2D eigenvalue weighted by Gasteiger charge is 2.41. The van der Waals surface area contributed by atoms with E-state index >= 15 is 0 Å². The maximum atomic E-state index is 13.2. The van der Waals surface area contributed by atoms with Gasteiger partial charge in [0.1, 0.15) is 16.3 Å². The minimum atomic E-state index is -3.78. The summed E-state index contributed by atoms with van der Waals surface area (Å²) in [6.45, 7) is 5.69. The second kappa shape index (κ2) is 7.60. The van der Waals surface area contributed by atoms with Crippen LogP contribution in [0, 0.1) is 20.8 Å². The van der Waals surface area contributed by atoms with Crippen LogP contribution in [0.3, 0.4) is 0 Å². The van der Waals surface area contributed by atoms with Gasteiger partial charge in [-0.2, -0.15) is 9.29 Å². The summed E-state index contributed by atoms with van der Waals surface area (Å²) in [7, 11) is -3.78. The second-order valence-electron chi connectivity index (χ2n) is 7.08. The fraction of sp³-hybridized carbons (Fsp3) is 0.421. The topological polar surface area (TPSA) is 112 Å². The SMILES string of the molecule is Cc1ccc(OCc2nc(C3CCCN3S(=O)(=O)c3c(C)noc3C)no2)cc1. The molecule has 1 aliphatic rings. The zero-order valence-electron chi connectivity index (χ0n) is 16.5. The summed E-state index contributed by atoms with van der Waals surface area (Å²) in [5.41, 5.74) is 1.48. The van der Waals surface area contributed by atoms with Crippen molar-refractivity contribution in [3.63, 3.8) is 0 Å². The number of aromatic nitrogens is 3. The summed E-state index contributed by atoms with van der Waals surface area (Å²) < 4.78 is 43.7. The second-order valence-corrected chi connectivity index (χ2v) is 8.90. The van der Waals surface area contributed by atoms with Crippen LogP contribution >= 0.6 is 0 Å². The highest BCUT2D eigenvalue weighted by atomic mass is 32.2. The van der Waals surface area contributed by atoms with Crippen LogP contribution in [0.2, 0.25) is 0 Å². The van der Waals surface area contributed by atoms with E-state index in [-0.39, 0.29) is 17.3 Å². The Bertz CT molecular complexity index is 1080. The number of hydrogen-bond acceptors (Lipinski definition) is 8. The molecule has 4 rings (SSSR count). The van der Waals surface area contributed by atoms with E-state index in [4.69, 9.17) is 13.8 Å². The summed E-state index contributed by atoms with van der Waals surface area (Å²) in [6, 6.07) is 7.13. The molecule has 3 heterocycles. The average molecular weight is 418 g/mol. The van der Waals surface area contributed by atoms with Crippen molar-refractivity contribution in [2.24, 2.45) is 0 Å². The highest BCUT2D eigenvalue weighted by molar-refractivity contribution is 7.89. The summed E-state index contributed by atoms with van der Waals surface area (Å²) in [5.74, 6) is 1.59. The van der Waals surface area contributed by atoms with Crippen LogP contribution in [-0.4, -0.2) is 34.6 Å². The maximum Gasteiger partial charge on any atom is 0.264 e. The van der Waals surface area contributed by atoms with E-state index in [0.717, 1.165) is 5.56 Å². The number of ether oxygens (including phenoxy) is 1. The molecule has 1 saturated heterocycles. The number of rotatable bonds is 6. The largest absolute Gasteiger partial charge is 0.484 e. The molecule has 29 heavy (non-hydrogen) atoms. The molecule has 0 spiro atoms. The first-order valence-corrected chi connectivity index (χ1v) is 10.8. The van der Waals surface area contributed by atoms with Crippen LogP contribution in [0.1, 0.15) is 47.6 Å². The van der Waals surface area contributed by atoms with Crippen molar-refractivity contribution in [1.82, 2.24) is 19.6 Å². The highest BCUT2D eigenvalue weighted by Crippen LogP contribution is 2.36. The molecule has 154 valence electrons. The lowest BCUT2D eigenvalue weighted by molar-refractivity contribution is 0.241. The Hall–Kier alpha value is -2.72. The van der Waals surface area contributed by atoms with Gasteiger partial charge in [-0.3, -0.25) is 0 Å². The molecule has 1 unspecified atom stereocenters. The van der Waals surface area contributed by atoms with Gasteiger partial charge in [-0.15, -0.1) is 0 Å². The van der Waals surface area contributed by atoms with Crippen molar-refractivity contribution >= 4 is 10.0 Å². The molecule has 10 heteroatoms. The third-order valence-electron chi connectivity index (χ3n) is 4.90. The van der Waals surface area contributed by atoms with E-state index in [1.807, 2.05) is 31.2 Å². The Morgan fingerprint density at radius 1 is 1.14 bits per heavy atom. The van der Waals surface area contributed by atoms with Gasteiger partial charge in [-0.1, -0.05) is 28.0 Å². The molecule has 0 N–H and O–H groups in total. The quantitative estimate of drug-likeness (QED) is 0.600. The smallest absolute Gasteiger partial charge is 0.264 e. The summed E-state index contributed by atoms with van der Waals surface area (Å²) in [5, 5.41) is 7.77. The molecular formula is C19H22N4O5S. The molecule has 1 aliphatic heterocycles. The van der Waals surface area contributed by atoms with Crippen LogP contribution < -0.4 is 4.74 Å². The third kappa shape index (κ3) is 3.77. The summed E-state index contributed by atoms with van der Waals surface area (Å²) in [6.07, 6.45) is 1.32. The van der Waals surface area contributed by atoms with Gasteiger partial charge in [0.2, 0.25) is 10.0 Å². The molecule has 0 amide bonds. The Kier molecular flexibility index (Phi) is 5.13. The molecular weight excluding hydrogens is 396 g/mol. The standard InChI is InChI=1S/C19H22N4O5S/c1-12-6-8-15(9-7-12)26-11-17-20-19(22-28-17)16-5-4-10-23(16)29(24,25)18-13(2)21-27-14(18)3/h6-9,16H,4-5,10-11H2,1-3H3. The molecule has 9 nitrogen and oxygen atoms in total. The fourth-order valence-corrected chi connectivity index (χ4v) is 5.44. The van der Waals surface area contributed by atoms with Gasteiger partial charge in [0.05, 0.1) is 6.04 Å². The molecule has 0 radical (unpaired) electrons. The van der Waals surface area contributed by atoms with E-state index in [9.17, 15) is 8.42 Å². The van der Waals surface area contributed by atoms with Gasteiger partial charge >= 0.3 is 0 Å². The predicted octanol–water partition coefficient (Wildman–Crippen LogP) is 3.09. The first-order valence-electron chi connectivity index (χ1n) is 9.33. The number of aryl methyl sites for hydroxylation is 3. The van der Waals surface area contributed by atoms with E-state index in [1.165, 1.54) is 4.31 Å². The predicted molar refractivity (Wildman–Crippen MR) is 102 cm³/mol. The van der Waals surface area contributed by atoms with E-state index < -0.39 is 16.1 Å². The maximum absolute atomic E-state index is 13.2. The lowest BCUT2D eigenvalue weighted by Crippen LogP contribution is -2.31.